The first-order chi connectivity index (χ1) is 3.46. The molecular formula is C6H14BeO2. The quantitative estimate of drug-likeness (QED) is 0.438. The number of hydrogen-bond acceptors (Lipinski definition) is 2. The Labute approximate surface area is 59.9 Å². The van der Waals surface area contributed by atoms with E-state index >= 15 is 0 Å². The molecule has 3 heteroatoms. The molecule has 0 saturated carbocycles. The molecule has 0 atom stereocenters. The van der Waals surface area contributed by atoms with Gasteiger partial charge in [0.15, 0.2) is 0 Å². The summed E-state index contributed by atoms with van der Waals surface area (Å²) in [6, 6.07) is 0. The first kappa shape index (κ1) is 15.8. The zero-order chi connectivity index (χ0) is 7.15. The van der Waals surface area contributed by atoms with Crippen molar-refractivity contribution < 1.29 is 9.59 Å². The predicted octanol–water partition coefficient (Wildman–Crippen LogP) is 0.274. The summed E-state index contributed by atoms with van der Waals surface area (Å²) in [5.41, 5.74) is 0. The van der Waals surface area contributed by atoms with Crippen LogP contribution >= 0.6 is 0 Å². The fourth-order valence-corrected chi connectivity index (χ4v) is 0. The van der Waals surface area contributed by atoms with Gasteiger partial charge in [0.2, 0.25) is 0 Å². The van der Waals surface area contributed by atoms with E-state index in [-0.39, 0.29) is 21.7 Å². The molecule has 0 unspecified atom stereocenters. The van der Waals surface area contributed by atoms with Crippen LogP contribution in [0, 0.1) is 0 Å². The topological polar surface area (TPSA) is 34.1 Å². The molecule has 2 nitrogen and oxygen atoms in total. The molecule has 0 N–H and O–H groups in total. The molecule has 0 rings (SSSR count). The zero-order valence-electron chi connectivity index (χ0n) is 5.82. The Morgan fingerprint density at radius 3 is 0.778 bits per heavy atom. The SMILES string of the molecule is CC(C)=O.CC(C)=O.[BeH2]. The van der Waals surface area contributed by atoms with Crippen molar-refractivity contribution in [2.45, 2.75) is 27.7 Å². The number of rotatable bonds is 0. The molecule has 0 radical (unpaired) electrons. The summed E-state index contributed by atoms with van der Waals surface area (Å²) in [6.07, 6.45) is 0. The minimum atomic E-state index is 0. The minimum absolute atomic E-state index is 0. The molecule has 9 heavy (non-hydrogen) atoms. The van der Waals surface area contributed by atoms with Gasteiger partial charge in [-0.1, -0.05) is 0 Å². The van der Waals surface area contributed by atoms with Gasteiger partial charge in [0.1, 0.15) is 11.6 Å². The van der Waals surface area contributed by atoms with Gasteiger partial charge in [-0.05, 0) is 27.7 Å². The Morgan fingerprint density at radius 2 is 0.778 bits per heavy atom. The average molecular weight is 127 g/mol. The van der Waals surface area contributed by atoms with Gasteiger partial charge in [-0.3, -0.25) is 0 Å². The van der Waals surface area contributed by atoms with Crippen molar-refractivity contribution in [3.8, 4) is 0 Å². The van der Waals surface area contributed by atoms with Gasteiger partial charge in [0.25, 0.3) is 0 Å². The second-order valence-corrected chi connectivity index (χ2v) is 1.82. The Balaban J connectivity index is -0.0000000720. The molecule has 0 aromatic heterocycles. The number of hydrogen-bond donors (Lipinski definition) is 0. The van der Waals surface area contributed by atoms with Crippen molar-refractivity contribution in [1.29, 1.82) is 0 Å². The third kappa shape index (κ3) is 945. The molecule has 0 aromatic carbocycles. The van der Waals surface area contributed by atoms with Crippen molar-refractivity contribution in [2.75, 3.05) is 0 Å². The van der Waals surface area contributed by atoms with Crippen molar-refractivity contribution in [3.63, 3.8) is 0 Å². The van der Waals surface area contributed by atoms with Crippen LogP contribution in [0.25, 0.3) is 0 Å². The molecule has 0 spiro atoms. The molecule has 0 aromatic rings. The molecule has 0 aliphatic carbocycles. The Kier molecular flexibility index (Phi) is 18.4. The first-order valence-corrected chi connectivity index (χ1v) is 2.41. The van der Waals surface area contributed by atoms with Crippen LogP contribution in [0.4, 0.5) is 0 Å². The van der Waals surface area contributed by atoms with E-state index in [1.54, 1.807) is 0 Å². The maximum atomic E-state index is 9.44. The zero-order valence-corrected chi connectivity index (χ0v) is 5.82. The van der Waals surface area contributed by atoms with Crippen molar-refractivity contribution in [3.05, 3.63) is 0 Å². The maximum absolute atomic E-state index is 9.44. The molecule has 0 amide bonds. The fraction of sp³-hybridized carbons (Fsp3) is 0.667. The van der Waals surface area contributed by atoms with Gasteiger partial charge in [-0.2, -0.15) is 0 Å². The molecule has 0 fully saturated rings. The summed E-state index contributed by atoms with van der Waals surface area (Å²) in [5, 5.41) is 0. The van der Waals surface area contributed by atoms with Crippen LogP contribution in [0.15, 0.2) is 0 Å². The molecule has 0 bridgehead atoms. The van der Waals surface area contributed by atoms with E-state index < -0.39 is 0 Å². The number of carbonyl (C=O) groups is 2. The third-order valence-corrected chi connectivity index (χ3v) is 0. The molecule has 0 saturated heterocycles. The second-order valence-electron chi connectivity index (χ2n) is 1.82. The van der Waals surface area contributed by atoms with E-state index in [1.165, 1.54) is 27.7 Å². The van der Waals surface area contributed by atoms with Gasteiger partial charge in [-0.15, -0.1) is 0 Å². The molecule has 0 aliphatic rings. The van der Waals surface area contributed by atoms with E-state index in [9.17, 15) is 9.59 Å². The Bertz CT molecular complexity index is 69.1. The summed E-state index contributed by atoms with van der Waals surface area (Å²) in [7, 11) is 0. The Morgan fingerprint density at radius 1 is 0.778 bits per heavy atom. The van der Waals surface area contributed by atoms with Crippen LogP contribution in [0.2, 0.25) is 0 Å². The van der Waals surface area contributed by atoms with Crippen LogP contribution in [0.5, 0.6) is 0 Å². The summed E-state index contributed by atoms with van der Waals surface area (Å²) in [4.78, 5) is 18.9. The van der Waals surface area contributed by atoms with Gasteiger partial charge in [0.05, 0.1) is 0 Å². The van der Waals surface area contributed by atoms with Crippen molar-refractivity contribution in [1.82, 2.24) is 0 Å². The molecule has 0 aliphatic heterocycles. The van der Waals surface area contributed by atoms with Crippen LogP contribution < -0.4 is 0 Å². The van der Waals surface area contributed by atoms with Crippen LogP contribution in [0.3, 0.4) is 0 Å². The number of Topliss-reactive ketones (excluding diaryl/α,β-unsaturated/α-hetero) is 2. The third-order valence-electron chi connectivity index (χ3n) is 0. The summed E-state index contributed by atoms with van der Waals surface area (Å²) in [6.45, 7) is 6.11. The second kappa shape index (κ2) is 10.5. The van der Waals surface area contributed by atoms with E-state index in [0.717, 1.165) is 0 Å². The monoisotopic (exact) mass is 127 g/mol. The van der Waals surface area contributed by atoms with E-state index in [4.69, 9.17) is 0 Å². The molecule has 52 valence electrons. The van der Waals surface area contributed by atoms with Crippen molar-refractivity contribution >= 4 is 21.7 Å². The van der Waals surface area contributed by atoms with Crippen molar-refractivity contribution in [2.24, 2.45) is 0 Å². The van der Waals surface area contributed by atoms with Crippen LogP contribution in [0.1, 0.15) is 27.7 Å². The summed E-state index contributed by atoms with van der Waals surface area (Å²) >= 11 is 0. The number of carbonyl (C=O) groups excluding carboxylic acids is 2. The van der Waals surface area contributed by atoms with Gasteiger partial charge in [-0.25, -0.2) is 0 Å². The average Bonchev–Trinajstić information content (AvgIpc) is 1.25. The van der Waals surface area contributed by atoms with Gasteiger partial charge >= 0.3 is 10.1 Å². The first-order valence-electron chi connectivity index (χ1n) is 2.41. The predicted molar refractivity (Wildman–Crippen MR) is 41.3 cm³/mol. The van der Waals surface area contributed by atoms with Crippen LogP contribution in [-0.4, -0.2) is 21.7 Å². The normalized spacial score (nSPS) is 5.78. The Hall–Kier alpha value is -0.491. The summed E-state index contributed by atoms with van der Waals surface area (Å²) in [5.74, 6) is 0.333. The standard InChI is InChI=1S/2C3H6O.Be.2H/c2*1-3(2)4;;;/h2*1-2H3;;;. The van der Waals surface area contributed by atoms with E-state index in [2.05, 4.69) is 0 Å². The fourth-order valence-electron chi connectivity index (χ4n) is 0. The van der Waals surface area contributed by atoms with Gasteiger partial charge in [0, 0.05) is 0 Å². The van der Waals surface area contributed by atoms with Crippen LogP contribution in [-0.2, 0) is 9.59 Å². The number of ketones is 2. The van der Waals surface area contributed by atoms with E-state index in [0.29, 0.717) is 0 Å². The van der Waals surface area contributed by atoms with Gasteiger partial charge < -0.3 is 9.59 Å². The molecular weight excluding hydrogens is 113 g/mol. The van der Waals surface area contributed by atoms with E-state index in [1.807, 2.05) is 0 Å². The molecule has 0 heterocycles. The summed E-state index contributed by atoms with van der Waals surface area (Å²) < 4.78 is 0.